The van der Waals surface area contributed by atoms with Crippen molar-refractivity contribution in [3.05, 3.63) is 28.4 Å². The minimum Gasteiger partial charge on any atom is -0.291 e. The fourth-order valence-electron chi connectivity index (χ4n) is 1.31. The predicted molar refractivity (Wildman–Crippen MR) is 48.2 cm³/mol. The summed E-state index contributed by atoms with van der Waals surface area (Å²) in [6.45, 7) is 7.88. The second-order valence-corrected chi connectivity index (χ2v) is 3.88. The Kier molecular flexibility index (Phi) is 2.04. The normalized spacial score (nSPS) is 11.7. The third-order valence-corrected chi connectivity index (χ3v) is 1.72. The van der Waals surface area contributed by atoms with Crippen molar-refractivity contribution in [2.45, 2.75) is 33.2 Å². The highest BCUT2D eigenvalue weighted by molar-refractivity contribution is 5.01. The van der Waals surface area contributed by atoms with Gasteiger partial charge in [0.05, 0.1) is 0 Å². The first-order valence-electron chi connectivity index (χ1n) is 3.98. The van der Waals surface area contributed by atoms with E-state index in [0.29, 0.717) is 0 Å². The Bertz CT molecular complexity index is 333. The quantitative estimate of drug-likeness (QED) is 0.582. The molecule has 1 aromatic rings. The summed E-state index contributed by atoms with van der Waals surface area (Å²) in [5, 5.41) is 0. The molecule has 1 rings (SSSR count). The van der Waals surface area contributed by atoms with E-state index in [1.54, 1.807) is 10.8 Å². The van der Waals surface area contributed by atoms with Crippen molar-refractivity contribution in [3.8, 4) is 0 Å². The Morgan fingerprint density at radius 1 is 1.42 bits per heavy atom. The topological polar surface area (TPSA) is 34.9 Å². The predicted octanol–water partition coefficient (Wildman–Crippen LogP) is 1.31. The maximum Gasteiger partial charge on any atom is 0.348 e. The summed E-state index contributed by atoms with van der Waals surface area (Å²) in [4.78, 5) is 15.1. The van der Waals surface area contributed by atoms with E-state index in [2.05, 4.69) is 4.98 Å². The van der Waals surface area contributed by atoms with E-state index in [9.17, 15) is 4.79 Å². The standard InChI is InChI=1S/C9H14N2O/c1-7-5-6-10-8(12)11(7)9(2,3)4/h5-6H,1-4H3. The molecule has 0 aliphatic heterocycles. The van der Waals surface area contributed by atoms with Gasteiger partial charge in [-0.25, -0.2) is 9.78 Å². The van der Waals surface area contributed by atoms with Gasteiger partial charge >= 0.3 is 5.69 Å². The molecule has 0 unspecified atom stereocenters. The van der Waals surface area contributed by atoms with Gasteiger partial charge in [0, 0.05) is 17.4 Å². The molecule has 0 amide bonds. The molecular formula is C9H14N2O. The molecule has 1 heterocycles. The van der Waals surface area contributed by atoms with Crippen molar-refractivity contribution in [3.63, 3.8) is 0 Å². The molecule has 0 spiro atoms. The number of hydrogen-bond acceptors (Lipinski definition) is 2. The Hall–Kier alpha value is -1.12. The van der Waals surface area contributed by atoms with Crippen molar-refractivity contribution in [2.24, 2.45) is 0 Å². The van der Waals surface area contributed by atoms with Gasteiger partial charge in [-0.3, -0.25) is 4.57 Å². The van der Waals surface area contributed by atoms with Gasteiger partial charge in [-0.1, -0.05) is 0 Å². The van der Waals surface area contributed by atoms with Crippen LogP contribution in [0.1, 0.15) is 26.5 Å². The summed E-state index contributed by atoms with van der Waals surface area (Å²) in [5.74, 6) is 0. The maximum atomic E-state index is 11.3. The van der Waals surface area contributed by atoms with Crippen molar-refractivity contribution >= 4 is 0 Å². The molecule has 3 heteroatoms. The lowest BCUT2D eigenvalue weighted by Crippen LogP contribution is -2.36. The van der Waals surface area contributed by atoms with E-state index < -0.39 is 0 Å². The summed E-state index contributed by atoms with van der Waals surface area (Å²) < 4.78 is 1.69. The van der Waals surface area contributed by atoms with Gasteiger partial charge in [-0.2, -0.15) is 0 Å². The van der Waals surface area contributed by atoms with Gasteiger partial charge in [-0.15, -0.1) is 0 Å². The zero-order valence-corrected chi connectivity index (χ0v) is 7.96. The van der Waals surface area contributed by atoms with Crippen LogP contribution < -0.4 is 5.69 Å². The highest BCUT2D eigenvalue weighted by atomic mass is 16.1. The molecule has 0 radical (unpaired) electrons. The smallest absolute Gasteiger partial charge is 0.291 e. The molecule has 0 fully saturated rings. The molecule has 0 bridgehead atoms. The van der Waals surface area contributed by atoms with Crippen LogP contribution in [0.3, 0.4) is 0 Å². The Labute approximate surface area is 72.1 Å². The first-order valence-corrected chi connectivity index (χ1v) is 3.98. The molecule has 0 saturated carbocycles. The zero-order valence-electron chi connectivity index (χ0n) is 7.96. The van der Waals surface area contributed by atoms with Crippen LogP contribution in [0.4, 0.5) is 0 Å². The van der Waals surface area contributed by atoms with Crippen LogP contribution in [-0.2, 0) is 5.54 Å². The summed E-state index contributed by atoms with van der Waals surface area (Å²) in [6, 6.07) is 1.84. The van der Waals surface area contributed by atoms with Crippen molar-refractivity contribution in [1.82, 2.24) is 9.55 Å². The van der Waals surface area contributed by atoms with Crippen LogP contribution in [0.5, 0.6) is 0 Å². The third-order valence-electron chi connectivity index (χ3n) is 1.72. The van der Waals surface area contributed by atoms with Gasteiger partial charge in [0.2, 0.25) is 0 Å². The van der Waals surface area contributed by atoms with E-state index in [1.165, 1.54) is 0 Å². The van der Waals surface area contributed by atoms with Crippen LogP contribution >= 0.6 is 0 Å². The van der Waals surface area contributed by atoms with Gasteiger partial charge in [0.15, 0.2) is 0 Å². The first kappa shape index (κ1) is 8.97. The van der Waals surface area contributed by atoms with E-state index in [1.807, 2.05) is 33.8 Å². The van der Waals surface area contributed by atoms with Gasteiger partial charge < -0.3 is 0 Å². The molecule has 12 heavy (non-hydrogen) atoms. The third kappa shape index (κ3) is 1.55. The summed E-state index contributed by atoms with van der Waals surface area (Å²) in [7, 11) is 0. The Morgan fingerprint density at radius 3 is 2.33 bits per heavy atom. The fourth-order valence-corrected chi connectivity index (χ4v) is 1.31. The Balaban J connectivity index is 3.42. The van der Waals surface area contributed by atoms with Crippen LogP contribution in [0.2, 0.25) is 0 Å². The molecule has 66 valence electrons. The van der Waals surface area contributed by atoms with Crippen LogP contribution in [0.15, 0.2) is 17.1 Å². The molecule has 1 aromatic heterocycles. The number of aryl methyl sites for hydroxylation is 1. The van der Waals surface area contributed by atoms with Crippen molar-refractivity contribution < 1.29 is 0 Å². The minimum atomic E-state index is -0.185. The SMILES string of the molecule is Cc1ccnc(=O)n1C(C)(C)C. The molecule has 0 saturated heterocycles. The average Bonchev–Trinajstić information content (AvgIpc) is 1.82. The highest BCUT2D eigenvalue weighted by Crippen LogP contribution is 2.11. The number of hydrogen-bond donors (Lipinski definition) is 0. The lowest BCUT2D eigenvalue weighted by Gasteiger charge is -2.23. The van der Waals surface area contributed by atoms with Gasteiger partial charge in [0.25, 0.3) is 0 Å². The maximum absolute atomic E-state index is 11.3. The Morgan fingerprint density at radius 2 is 2.00 bits per heavy atom. The number of rotatable bonds is 0. The van der Waals surface area contributed by atoms with Crippen molar-refractivity contribution in [1.29, 1.82) is 0 Å². The molecule has 0 aromatic carbocycles. The monoisotopic (exact) mass is 166 g/mol. The van der Waals surface area contributed by atoms with E-state index in [4.69, 9.17) is 0 Å². The average molecular weight is 166 g/mol. The lowest BCUT2D eigenvalue weighted by molar-refractivity contribution is 0.369. The van der Waals surface area contributed by atoms with Crippen molar-refractivity contribution in [2.75, 3.05) is 0 Å². The number of nitrogens with zero attached hydrogens (tertiary/aromatic N) is 2. The molecule has 0 N–H and O–H groups in total. The molecule has 0 aliphatic carbocycles. The second kappa shape index (κ2) is 2.73. The van der Waals surface area contributed by atoms with Crippen LogP contribution in [0.25, 0.3) is 0 Å². The summed E-state index contributed by atoms with van der Waals surface area (Å²) in [6.07, 6.45) is 1.54. The van der Waals surface area contributed by atoms with Gasteiger partial charge in [-0.05, 0) is 33.8 Å². The van der Waals surface area contributed by atoms with E-state index >= 15 is 0 Å². The molecule has 3 nitrogen and oxygen atoms in total. The molecule has 0 aliphatic rings. The number of aromatic nitrogens is 2. The first-order chi connectivity index (χ1) is 5.43. The summed E-state index contributed by atoms with van der Waals surface area (Å²) in [5.41, 5.74) is 0.583. The fraction of sp³-hybridized carbons (Fsp3) is 0.556. The molecular weight excluding hydrogens is 152 g/mol. The van der Waals surface area contributed by atoms with Crippen LogP contribution in [0, 0.1) is 6.92 Å². The van der Waals surface area contributed by atoms with E-state index in [0.717, 1.165) is 5.69 Å². The largest absolute Gasteiger partial charge is 0.348 e. The molecule has 0 atom stereocenters. The van der Waals surface area contributed by atoms with E-state index in [-0.39, 0.29) is 11.2 Å². The lowest BCUT2D eigenvalue weighted by atomic mass is 10.1. The highest BCUT2D eigenvalue weighted by Gasteiger charge is 2.16. The summed E-state index contributed by atoms with van der Waals surface area (Å²) >= 11 is 0. The minimum absolute atomic E-state index is 0.178. The van der Waals surface area contributed by atoms with Gasteiger partial charge in [0.1, 0.15) is 0 Å². The zero-order chi connectivity index (χ0) is 9.35. The second-order valence-electron chi connectivity index (χ2n) is 3.88. The van der Waals surface area contributed by atoms with Crippen LogP contribution in [-0.4, -0.2) is 9.55 Å².